The van der Waals surface area contributed by atoms with Gasteiger partial charge in [-0.2, -0.15) is 0 Å². The highest BCUT2D eigenvalue weighted by Crippen LogP contribution is 2.49. The van der Waals surface area contributed by atoms with Gasteiger partial charge in [0.15, 0.2) is 5.78 Å². The van der Waals surface area contributed by atoms with Gasteiger partial charge >= 0.3 is 0 Å². The van der Waals surface area contributed by atoms with Crippen LogP contribution in [0.5, 0.6) is 0 Å². The van der Waals surface area contributed by atoms with E-state index in [4.69, 9.17) is 0 Å². The summed E-state index contributed by atoms with van der Waals surface area (Å²) in [5.41, 5.74) is 0.305. The molecule has 2 aromatic carbocycles. The van der Waals surface area contributed by atoms with Crippen molar-refractivity contribution >= 4 is 28.4 Å². The fourth-order valence-corrected chi connectivity index (χ4v) is 6.21. The summed E-state index contributed by atoms with van der Waals surface area (Å²) in [4.78, 5) is 40.0. The van der Waals surface area contributed by atoms with Gasteiger partial charge in [-0.25, -0.2) is 0 Å². The summed E-state index contributed by atoms with van der Waals surface area (Å²) < 4.78 is 0. The third-order valence-electron chi connectivity index (χ3n) is 8.38. The van der Waals surface area contributed by atoms with Crippen molar-refractivity contribution in [3.8, 4) is 0 Å². The number of nitrogens with one attached hydrogen (secondary N) is 2. The van der Waals surface area contributed by atoms with Crippen LogP contribution in [0.25, 0.3) is 10.8 Å². The number of hydrogen-bond acceptors (Lipinski definition) is 3. The first-order valence-electron chi connectivity index (χ1n) is 13.2. The smallest absolute Gasteiger partial charge is 0.252 e. The van der Waals surface area contributed by atoms with Crippen molar-refractivity contribution in [3.05, 3.63) is 48.0 Å². The highest BCUT2D eigenvalue weighted by atomic mass is 16.2. The van der Waals surface area contributed by atoms with E-state index >= 15 is 0 Å². The monoisotopic (exact) mass is 476 g/mol. The first-order chi connectivity index (χ1) is 16.6. The Hall–Kier alpha value is -2.69. The molecule has 35 heavy (non-hydrogen) atoms. The van der Waals surface area contributed by atoms with E-state index < -0.39 is 6.04 Å². The third kappa shape index (κ3) is 5.14. The first-order valence-corrected chi connectivity index (χ1v) is 13.2. The van der Waals surface area contributed by atoms with Crippen molar-refractivity contribution in [1.29, 1.82) is 0 Å². The van der Waals surface area contributed by atoms with E-state index in [0.717, 1.165) is 42.9 Å². The molecule has 2 aliphatic carbocycles. The van der Waals surface area contributed by atoms with Crippen LogP contribution in [-0.4, -0.2) is 29.7 Å². The number of amides is 2. The van der Waals surface area contributed by atoms with Gasteiger partial charge in [-0.3, -0.25) is 14.4 Å². The van der Waals surface area contributed by atoms with Gasteiger partial charge in [-0.05, 0) is 66.2 Å². The molecule has 2 saturated carbocycles. The van der Waals surface area contributed by atoms with E-state index in [1.807, 2.05) is 77.1 Å². The third-order valence-corrected chi connectivity index (χ3v) is 8.38. The summed E-state index contributed by atoms with van der Waals surface area (Å²) in [6.45, 7) is 9.95. The van der Waals surface area contributed by atoms with Gasteiger partial charge in [0.2, 0.25) is 5.91 Å². The number of carbonyl (C=O) groups excluding carboxylic acids is 3. The first kappa shape index (κ1) is 25.4. The van der Waals surface area contributed by atoms with Crippen molar-refractivity contribution < 1.29 is 14.4 Å². The van der Waals surface area contributed by atoms with Crippen molar-refractivity contribution in [2.24, 2.45) is 29.1 Å². The van der Waals surface area contributed by atoms with E-state index in [1.54, 1.807) is 0 Å². The van der Waals surface area contributed by atoms with Crippen LogP contribution in [-0.2, 0) is 9.59 Å². The predicted molar refractivity (Wildman–Crippen MR) is 140 cm³/mol. The molecule has 2 aromatic rings. The number of fused-ring (bicyclic) bond motifs is 2. The maximum atomic E-state index is 13.9. The Balaban J connectivity index is 1.54. The van der Waals surface area contributed by atoms with Crippen LogP contribution in [0.15, 0.2) is 42.5 Å². The molecule has 6 atom stereocenters. The van der Waals surface area contributed by atoms with Crippen molar-refractivity contribution in [1.82, 2.24) is 10.6 Å². The van der Waals surface area contributed by atoms with Gasteiger partial charge in [0.05, 0.1) is 6.04 Å². The van der Waals surface area contributed by atoms with Crippen molar-refractivity contribution in [2.75, 3.05) is 0 Å². The zero-order valence-electron chi connectivity index (χ0n) is 21.8. The number of hydrogen-bond donors (Lipinski definition) is 2. The molecule has 2 amide bonds. The Labute approximate surface area is 209 Å². The summed E-state index contributed by atoms with van der Waals surface area (Å²) in [6, 6.07) is 13.2. The number of carbonyl (C=O) groups is 3. The van der Waals surface area contributed by atoms with Gasteiger partial charge in [-0.15, -0.1) is 0 Å². The largest absolute Gasteiger partial charge is 0.349 e. The lowest BCUT2D eigenvalue weighted by atomic mass is 9.75. The van der Waals surface area contributed by atoms with Crippen LogP contribution in [0.3, 0.4) is 0 Å². The van der Waals surface area contributed by atoms with E-state index in [-0.39, 0.29) is 46.8 Å². The number of ketones is 1. The van der Waals surface area contributed by atoms with Crippen LogP contribution >= 0.6 is 0 Å². The lowest BCUT2D eigenvalue weighted by molar-refractivity contribution is -0.135. The summed E-state index contributed by atoms with van der Waals surface area (Å²) in [7, 11) is 0. The van der Waals surface area contributed by atoms with Crippen LogP contribution in [0.2, 0.25) is 0 Å². The average molecular weight is 477 g/mol. The fourth-order valence-electron chi connectivity index (χ4n) is 6.21. The second kappa shape index (κ2) is 10.1. The minimum absolute atomic E-state index is 0.0196. The molecule has 5 heteroatoms. The molecule has 188 valence electrons. The highest BCUT2D eigenvalue weighted by Gasteiger charge is 2.51. The molecule has 0 aliphatic heterocycles. The van der Waals surface area contributed by atoms with Crippen LogP contribution in [0.4, 0.5) is 0 Å². The summed E-state index contributed by atoms with van der Waals surface area (Å²) >= 11 is 0. The Morgan fingerprint density at radius 1 is 0.971 bits per heavy atom. The number of benzene rings is 2. The SMILES string of the molecule is CC[C@@H](C)C(=O)N[C@H](C(=O)C1CC[C@H]2CC[C@H](NC(=O)c3cccc4ccccc34)[C@@H]12)C(C)(C)C. The molecule has 1 unspecified atom stereocenters. The second-order valence-electron chi connectivity index (χ2n) is 11.7. The van der Waals surface area contributed by atoms with Gasteiger partial charge in [0.1, 0.15) is 0 Å². The molecule has 5 nitrogen and oxygen atoms in total. The second-order valence-corrected chi connectivity index (χ2v) is 11.7. The van der Waals surface area contributed by atoms with E-state index in [0.29, 0.717) is 11.5 Å². The summed E-state index contributed by atoms with van der Waals surface area (Å²) in [5.74, 6) is 0.336. The van der Waals surface area contributed by atoms with Gasteiger partial charge in [-0.1, -0.05) is 71.0 Å². The van der Waals surface area contributed by atoms with Gasteiger partial charge in [0.25, 0.3) is 5.91 Å². The molecule has 0 aromatic heterocycles. The van der Waals surface area contributed by atoms with Gasteiger partial charge < -0.3 is 10.6 Å². The molecule has 2 aliphatic rings. The lowest BCUT2D eigenvalue weighted by Crippen LogP contribution is -2.54. The Kier molecular flexibility index (Phi) is 7.35. The van der Waals surface area contributed by atoms with Crippen LogP contribution < -0.4 is 10.6 Å². The van der Waals surface area contributed by atoms with Gasteiger partial charge in [0, 0.05) is 23.4 Å². The highest BCUT2D eigenvalue weighted by molar-refractivity contribution is 6.07. The molecule has 0 radical (unpaired) electrons. The molecule has 0 heterocycles. The van der Waals surface area contributed by atoms with E-state index in [1.165, 1.54) is 0 Å². The minimum atomic E-state index is -0.525. The molecular weight excluding hydrogens is 436 g/mol. The molecule has 2 fully saturated rings. The Morgan fingerprint density at radius 3 is 2.37 bits per heavy atom. The molecular formula is C30H40N2O3. The summed E-state index contributed by atoms with van der Waals surface area (Å²) in [6.07, 6.45) is 4.52. The normalized spacial score (nSPS) is 25.6. The van der Waals surface area contributed by atoms with Crippen molar-refractivity contribution in [3.63, 3.8) is 0 Å². The molecule has 2 N–H and O–H groups in total. The average Bonchev–Trinajstić information content (AvgIpc) is 3.43. The molecule has 0 bridgehead atoms. The maximum Gasteiger partial charge on any atom is 0.252 e. The zero-order chi connectivity index (χ0) is 25.3. The predicted octanol–water partition coefficient (Wildman–Crippen LogP) is 5.52. The van der Waals surface area contributed by atoms with E-state index in [9.17, 15) is 14.4 Å². The topological polar surface area (TPSA) is 75.3 Å². The maximum absolute atomic E-state index is 13.9. The molecule has 0 saturated heterocycles. The Bertz CT molecular complexity index is 1100. The molecule has 4 rings (SSSR count). The summed E-state index contributed by atoms with van der Waals surface area (Å²) in [5, 5.41) is 8.39. The fraction of sp³-hybridized carbons (Fsp3) is 0.567. The number of rotatable bonds is 7. The number of Topliss-reactive ketones (excluding diaryl/α,β-unsaturated/α-hetero) is 1. The quantitative estimate of drug-likeness (QED) is 0.552. The van der Waals surface area contributed by atoms with Crippen molar-refractivity contribution in [2.45, 2.75) is 78.8 Å². The zero-order valence-corrected chi connectivity index (χ0v) is 21.8. The Morgan fingerprint density at radius 2 is 1.66 bits per heavy atom. The minimum Gasteiger partial charge on any atom is -0.349 e. The van der Waals surface area contributed by atoms with Crippen LogP contribution in [0.1, 0.15) is 77.1 Å². The van der Waals surface area contributed by atoms with E-state index in [2.05, 4.69) is 10.6 Å². The molecule has 0 spiro atoms. The lowest BCUT2D eigenvalue weighted by Gasteiger charge is -2.35. The standard InChI is InChI=1S/C30H40N2O3/c1-6-18(2)28(34)32-27(30(3,4)5)26(33)23-16-14-20-15-17-24(25(20)23)31-29(35)22-13-9-11-19-10-7-8-12-21(19)22/h7-13,18,20,23-25,27H,6,14-17H2,1-5H3,(H,31,35)(H,32,34)/t18-,20+,23?,24+,25-,27-/m1/s1. The van der Waals surface area contributed by atoms with Crippen LogP contribution in [0, 0.1) is 29.1 Å².